The molecule has 0 saturated heterocycles. The predicted octanol–water partition coefficient (Wildman–Crippen LogP) is 3.03. The molecule has 0 radical (unpaired) electrons. The van der Waals surface area contributed by atoms with E-state index < -0.39 is 35.2 Å². The number of hydrogen-bond donors (Lipinski definition) is 1. The molecule has 1 fully saturated rings. The Bertz CT molecular complexity index is 736. The second kappa shape index (κ2) is 9.35. The van der Waals surface area contributed by atoms with E-state index in [1.54, 1.807) is 0 Å². The topological polar surface area (TPSA) is 89.9 Å². The second-order valence-corrected chi connectivity index (χ2v) is 7.02. The lowest BCUT2D eigenvalue weighted by Gasteiger charge is -2.24. The Morgan fingerprint density at radius 1 is 1.18 bits per heavy atom. The van der Waals surface area contributed by atoms with Crippen molar-refractivity contribution in [3.8, 4) is 0 Å². The SMILES string of the molecule is C=C[C@H](C(=O)O)[C@H]1CC(C(=O)OC)(C(=O)OC)C[C@@H]1/C=C/Cc1ccccc1. The van der Waals surface area contributed by atoms with Crippen LogP contribution in [0.25, 0.3) is 0 Å². The molecule has 1 N–H and O–H groups in total. The van der Waals surface area contributed by atoms with Gasteiger partial charge in [-0.3, -0.25) is 14.4 Å². The van der Waals surface area contributed by atoms with Gasteiger partial charge in [-0.25, -0.2) is 0 Å². The molecular weight excluding hydrogens is 360 g/mol. The molecule has 1 saturated carbocycles. The highest BCUT2D eigenvalue weighted by molar-refractivity contribution is 6.00. The number of esters is 2. The smallest absolute Gasteiger partial charge is 0.323 e. The fourth-order valence-corrected chi connectivity index (χ4v) is 4.05. The van der Waals surface area contributed by atoms with E-state index in [1.807, 2.05) is 42.5 Å². The van der Waals surface area contributed by atoms with Crippen LogP contribution in [-0.4, -0.2) is 37.2 Å². The summed E-state index contributed by atoms with van der Waals surface area (Å²) in [5.74, 6) is -4.09. The molecule has 1 aliphatic carbocycles. The monoisotopic (exact) mass is 386 g/mol. The molecule has 6 heteroatoms. The molecule has 6 nitrogen and oxygen atoms in total. The van der Waals surface area contributed by atoms with Crippen LogP contribution in [0.4, 0.5) is 0 Å². The molecule has 0 spiro atoms. The first-order chi connectivity index (χ1) is 13.4. The number of carbonyl (C=O) groups excluding carboxylic acids is 2. The quantitative estimate of drug-likeness (QED) is 0.420. The summed E-state index contributed by atoms with van der Waals surface area (Å²) in [6.07, 6.45) is 6.04. The highest BCUT2D eigenvalue weighted by Gasteiger charge is 2.58. The van der Waals surface area contributed by atoms with Crippen LogP contribution >= 0.6 is 0 Å². The standard InChI is InChI=1S/C22H26O6/c1-4-17(19(23)24)18-14-22(20(25)27-2,21(26)28-3)13-16(18)12-8-11-15-9-6-5-7-10-15/h4-10,12,16-18H,1,11,13-14H2,2-3H3,(H,23,24)/b12-8+/t16-,17-,18-/m0/s1. The summed E-state index contributed by atoms with van der Waals surface area (Å²) in [5.41, 5.74) is -0.397. The van der Waals surface area contributed by atoms with Gasteiger partial charge in [0.15, 0.2) is 5.41 Å². The van der Waals surface area contributed by atoms with Crippen molar-refractivity contribution in [1.82, 2.24) is 0 Å². The van der Waals surface area contributed by atoms with Gasteiger partial charge in [0.2, 0.25) is 0 Å². The number of benzene rings is 1. The van der Waals surface area contributed by atoms with Crippen LogP contribution in [0, 0.1) is 23.2 Å². The van der Waals surface area contributed by atoms with E-state index >= 15 is 0 Å². The van der Waals surface area contributed by atoms with Crippen molar-refractivity contribution >= 4 is 17.9 Å². The van der Waals surface area contributed by atoms with Crippen molar-refractivity contribution in [1.29, 1.82) is 0 Å². The van der Waals surface area contributed by atoms with E-state index in [0.29, 0.717) is 6.42 Å². The zero-order valence-electron chi connectivity index (χ0n) is 16.2. The Morgan fingerprint density at radius 2 is 1.79 bits per heavy atom. The summed E-state index contributed by atoms with van der Waals surface area (Å²) in [7, 11) is 2.42. The minimum absolute atomic E-state index is 0.0374. The minimum atomic E-state index is -1.51. The van der Waals surface area contributed by atoms with E-state index in [0.717, 1.165) is 5.56 Å². The van der Waals surface area contributed by atoms with Crippen molar-refractivity contribution in [3.05, 3.63) is 60.7 Å². The van der Waals surface area contributed by atoms with Crippen molar-refractivity contribution < 1.29 is 29.0 Å². The number of carboxylic acids is 1. The van der Waals surface area contributed by atoms with Gasteiger partial charge in [0.05, 0.1) is 20.1 Å². The van der Waals surface area contributed by atoms with Gasteiger partial charge in [-0.15, -0.1) is 6.58 Å². The zero-order valence-corrected chi connectivity index (χ0v) is 16.2. The fourth-order valence-electron chi connectivity index (χ4n) is 4.05. The van der Waals surface area contributed by atoms with Gasteiger partial charge in [-0.1, -0.05) is 48.6 Å². The first kappa shape index (κ1) is 21.4. The average molecular weight is 386 g/mol. The number of rotatable bonds is 8. The minimum Gasteiger partial charge on any atom is -0.481 e. The number of aliphatic carboxylic acids is 1. The lowest BCUT2D eigenvalue weighted by Crippen LogP contribution is -2.39. The highest BCUT2D eigenvalue weighted by Crippen LogP contribution is 2.51. The Morgan fingerprint density at radius 3 is 2.29 bits per heavy atom. The van der Waals surface area contributed by atoms with E-state index in [1.165, 1.54) is 20.3 Å². The van der Waals surface area contributed by atoms with Crippen LogP contribution in [0.1, 0.15) is 18.4 Å². The number of ether oxygens (including phenoxy) is 2. The van der Waals surface area contributed by atoms with E-state index in [2.05, 4.69) is 6.58 Å². The van der Waals surface area contributed by atoms with Crippen LogP contribution in [0.5, 0.6) is 0 Å². The van der Waals surface area contributed by atoms with Crippen LogP contribution < -0.4 is 0 Å². The molecule has 0 bridgehead atoms. The molecule has 1 aromatic carbocycles. The van der Waals surface area contributed by atoms with Gasteiger partial charge in [0, 0.05) is 0 Å². The van der Waals surface area contributed by atoms with E-state index in [9.17, 15) is 19.5 Å². The molecule has 150 valence electrons. The largest absolute Gasteiger partial charge is 0.481 e. The lowest BCUT2D eigenvalue weighted by molar-refractivity contribution is -0.169. The second-order valence-electron chi connectivity index (χ2n) is 7.02. The Balaban J connectivity index is 2.35. The molecule has 0 unspecified atom stereocenters. The number of carbonyl (C=O) groups is 3. The van der Waals surface area contributed by atoms with Gasteiger partial charge >= 0.3 is 17.9 Å². The van der Waals surface area contributed by atoms with Crippen molar-refractivity contribution in [2.75, 3.05) is 14.2 Å². The Labute approximate surface area is 164 Å². The number of methoxy groups -OCH3 is 2. The van der Waals surface area contributed by atoms with Crippen molar-refractivity contribution in [2.24, 2.45) is 23.2 Å². The van der Waals surface area contributed by atoms with Gasteiger partial charge in [-0.05, 0) is 36.7 Å². The summed E-state index contributed by atoms with van der Waals surface area (Å²) in [6.45, 7) is 3.63. The molecule has 1 aromatic rings. The fraction of sp³-hybridized carbons (Fsp3) is 0.409. The van der Waals surface area contributed by atoms with Crippen LogP contribution in [0.2, 0.25) is 0 Å². The summed E-state index contributed by atoms with van der Waals surface area (Å²) >= 11 is 0. The highest BCUT2D eigenvalue weighted by atomic mass is 16.5. The molecule has 28 heavy (non-hydrogen) atoms. The van der Waals surface area contributed by atoms with E-state index in [4.69, 9.17) is 9.47 Å². The maximum atomic E-state index is 12.5. The summed E-state index contributed by atoms with van der Waals surface area (Å²) in [4.78, 5) is 36.7. The van der Waals surface area contributed by atoms with Gasteiger partial charge < -0.3 is 14.6 Å². The molecule has 0 aliphatic heterocycles. The molecule has 0 amide bonds. The zero-order chi connectivity index (χ0) is 20.7. The van der Waals surface area contributed by atoms with Gasteiger partial charge in [-0.2, -0.15) is 0 Å². The molecular formula is C22H26O6. The summed E-state index contributed by atoms with van der Waals surface area (Å²) < 4.78 is 9.74. The first-order valence-corrected chi connectivity index (χ1v) is 9.12. The summed E-state index contributed by atoms with van der Waals surface area (Å²) in [5, 5.41) is 9.59. The Hall–Kier alpha value is -2.89. The van der Waals surface area contributed by atoms with Crippen molar-refractivity contribution in [3.63, 3.8) is 0 Å². The van der Waals surface area contributed by atoms with E-state index in [-0.39, 0.29) is 18.8 Å². The molecule has 0 heterocycles. The number of carboxylic acid groups (broad SMARTS) is 1. The average Bonchev–Trinajstić information content (AvgIpc) is 3.08. The van der Waals surface area contributed by atoms with Crippen LogP contribution in [0.15, 0.2) is 55.1 Å². The number of hydrogen-bond acceptors (Lipinski definition) is 5. The first-order valence-electron chi connectivity index (χ1n) is 9.12. The van der Waals surface area contributed by atoms with Gasteiger partial charge in [0.25, 0.3) is 0 Å². The van der Waals surface area contributed by atoms with Crippen LogP contribution in [0.3, 0.4) is 0 Å². The molecule has 1 aliphatic rings. The van der Waals surface area contributed by atoms with Crippen LogP contribution in [-0.2, 0) is 30.3 Å². The third-order valence-electron chi connectivity index (χ3n) is 5.45. The lowest BCUT2D eigenvalue weighted by atomic mass is 9.81. The number of allylic oxidation sites excluding steroid dienone is 2. The normalized spacial score (nSPS) is 21.8. The van der Waals surface area contributed by atoms with Gasteiger partial charge in [0.1, 0.15) is 0 Å². The predicted molar refractivity (Wildman–Crippen MR) is 103 cm³/mol. The summed E-state index contributed by atoms with van der Waals surface area (Å²) in [6, 6.07) is 9.81. The maximum Gasteiger partial charge on any atom is 0.323 e. The van der Waals surface area contributed by atoms with Crippen molar-refractivity contribution in [2.45, 2.75) is 19.3 Å². The molecule has 3 atom stereocenters. The molecule has 2 rings (SSSR count). The third kappa shape index (κ3) is 4.32. The third-order valence-corrected chi connectivity index (χ3v) is 5.45. The molecule has 0 aromatic heterocycles. The maximum absolute atomic E-state index is 12.5. The Kier molecular flexibility index (Phi) is 7.15.